The van der Waals surface area contributed by atoms with Crippen LogP contribution in [0.2, 0.25) is 0 Å². The molecule has 112 valence electrons. The number of nitrogens with one attached hydrogen (secondary N) is 1. The van der Waals surface area contributed by atoms with Crippen molar-refractivity contribution in [2.45, 2.75) is 30.2 Å². The van der Waals surface area contributed by atoms with E-state index in [1.54, 1.807) is 18.2 Å². The van der Waals surface area contributed by atoms with Crippen LogP contribution in [0, 0.1) is 0 Å². The molecule has 2 aromatic rings. The molecule has 0 fully saturated rings. The third-order valence-corrected chi connectivity index (χ3v) is 4.81. The van der Waals surface area contributed by atoms with Crippen LogP contribution in [0.1, 0.15) is 30.2 Å². The first-order valence-corrected chi connectivity index (χ1v) is 8.18. The molecule has 1 aliphatic rings. The lowest BCUT2D eigenvalue weighted by molar-refractivity contribution is 0.348. The van der Waals surface area contributed by atoms with Crippen molar-refractivity contribution in [2.24, 2.45) is 0 Å². The quantitative estimate of drug-likeness (QED) is 0.871. The summed E-state index contributed by atoms with van der Waals surface area (Å²) in [4.78, 5) is 0.0959. The van der Waals surface area contributed by atoms with Crippen LogP contribution in [0.15, 0.2) is 39.8 Å². The Bertz CT molecular complexity index is 725. The van der Waals surface area contributed by atoms with Crippen molar-refractivity contribution in [2.75, 3.05) is 7.05 Å². The number of aryl methyl sites for hydroxylation is 1. The minimum absolute atomic E-state index is 0.000901. The van der Waals surface area contributed by atoms with Crippen LogP contribution < -0.4 is 9.50 Å². The van der Waals surface area contributed by atoms with Gasteiger partial charge in [0.15, 0.2) is 0 Å². The van der Waals surface area contributed by atoms with E-state index in [-0.39, 0.29) is 16.8 Å². The van der Waals surface area contributed by atoms with Gasteiger partial charge in [0.05, 0.1) is 5.56 Å². The first kappa shape index (κ1) is 14.1. The molecule has 1 aromatic heterocycles. The summed E-state index contributed by atoms with van der Waals surface area (Å²) in [6.07, 6.45) is 2.61. The normalized spacial score (nSPS) is 18.2. The molecule has 0 bridgehead atoms. The molecule has 1 aliphatic carbocycles. The largest absolute Gasteiger partial charge is 0.357 e. The summed E-state index contributed by atoms with van der Waals surface area (Å²) in [5, 5.41) is 6.93. The van der Waals surface area contributed by atoms with Gasteiger partial charge in [0.2, 0.25) is 0 Å². The lowest BCUT2D eigenvalue weighted by atomic mass is 9.93. The molecule has 0 radical (unpaired) electrons. The summed E-state index contributed by atoms with van der Waals surface area (Å²) in [5.74, 6) is 0.728. The van der Waals surface area contributed by atoms with Gasteiger partial charge in [0.1, 0.15) is 10.7 Å². The van der Waals surface area contributed by atoms with E-state index < -0.39 is 10.1 Å². The molecule has 21 heavy (non-hydrogen) atoms. The third kappa shape index (κ3) is 2.66. The van der Waals surface area contributed by atoms with E-state index in [4.69, 9.17) is 8.71 Å². The summed E-state index contributed by atoms with van der Waals surface area (Å²) < 4.78 is 34.9. The lowest BCUT2D eigenvalue weighted by Gasteiger charge is -2.20. The third-order valence-electron chi connectivity index (χ3n) is 3.58. The van der Waals surface area contributed by atoms with Gasteiger partial charge < -0.3 is 14.0 Å². The van der Waals surface area contributed by atoms with Gasteiger partial charge in [-0.15, -0.1) is 0 Å². The number of hydrogen-bond acceptors (Lipinski definition) is 6. The van der Waals surface area contributed by atoms with E-state index >= 15 is 0 Å². The summed E-state index contributed by atoms with van der Waals surface area (Å²) in [7, 11) is -2.08. The van der Waals surface area contributed by atoms with Crippen LogP contribution in [-0.2, 0) is 16.5 Å². The van der Waals surface area contributed by atoms with Crippen molar-refractivity contribution in [3.8, 4) is 5.88 Å². The average molecular weight is 308 g/mol. The molecule has 6 nitrogen and oxygen atoms in total. The van der Waals surface area contributed by atoms with E-state index in [1.807, 2.05) is 7.05 Å². The molecule has 1 atom stereocenters. The van der Waals surface area contributed by atoms with Gasteiger partial charge in [-0.1, -0.05) is 18.2 Å². The lowest BCUT2D eigenvalue weighted by Crippen LogP contribution is -2.22. The molecule has 1 N–H and O–H groups in total. The van der Waals surface area contributed by atoms with Gasteiger partial charge in [-0.25, -0.2) is 0 Å². The zero-order chi connectivity index (χ0) is 14.9. The van der Waals surface area contributed by atoms with E-state index in [0.717, 1.165) is 19.3 Å². The van der Waals surface area contributed by atoms with Gasteiger partial charge >= 0.3 is 10.1 Å². The highest BCUT2D eigenvalue weighted by Gasteiger charge is 2.31. The minimum atomic E-state index is -3.90. The Kier molecular flexibility index (Phi) is 3.69. The fraction of sp³-hybridized carbons (Fsp3) is 0.357. The van der Waals surface area contributed by atoms with Crippen molar-refractivity contribution in [1.29, 1.82) is 0 Å². The molecule has 1 aromatic carbocycles. The second-order valence-corrected chi connectivity index (χ2v) is 6.45. The monoisotopic (exact) mass is 308 g/mol. The second kappa shape index (κ2) is 5.50. The molecular weight excluding hydrogens is 292 g/mol. The molecule has 0 saturated heterocycles. The van der Waals surface area contributed by atoms with Crippen LogP contribution >= 0.6 is 0 Å². The topological polar surface area (TPSA) is 81.4 Å². The highest BCUT2D eigenvalue weighted by molar-refractivity contribution is 7.87. The fourth-order valence-corrected chi connectivity index (χ4v) is 3.45. The first-order chi connectivity index (χ1) is 10.1. The number of benzene rings is 1. The predicted octanol–water partition coefficient (Wildman–Crippen LogP) is 2.04. The molecule has 0 saturated carbocycles. The van der Waals surface area contributed by atoms with Crippen molar-refractivity contribution in [3.05, 3.63) is 41.7 Å². The molecule has 1 heterocycles. The number of aromatic nitrogens is 1. The van der Waals surface area contributed by atoms with Gasteiger partial charge in [-0.05, 0) is 37.2 Å². The minimum Gasteiger partial charge on any atom is -0.357 e. The van der Waals surface area contributed by atoms with Gasteiger partial charge in [0, 0.05) is 12.5 Å². The average Bonchev–Trinajstić information content (AvgIpc) is 2.91. The molecule has 0 unspecified atom stereocenters. The Morgan fingerprint density at radius 2 is 2.10 bits per heavy atom. The molecule has 0 amide bonds. The second-order valence-electron chi connectivity index (χ2n) is 4.91. The van der Waals surface area contributed by atoms with E-state index in [1.165, 1.54) is 12.1 Å². The van der Waals surface area contributed by atoms with Crippen molar-refractivity contribution < 1.29 is 17.1 Å². The smallest absolute Gasteiger partial charge is 0.340 e. The Labute approximate surface area is 123 Å². The molecule has 7 heteroatoms. The van der Waals surface area contributed by atoms with E-state index in [0.29, 0.717) is 11.3 Å². The summed E-state index contributed by atoms with van der Waals surface area (Å²) in [6, 6.07) is 8.00. The Hall–Kier alpha value is -1.86. The van der Waals surface area contributed by atoms with Crippen molar-refractivity contribution in [1.82, 2.24) is 10.5 Å². The molecule has 0 spiro atoms. The van der Waals surface area contributed by atoms with Crippen LogP contribution in [0.4, 0.5) is 0 Å². The zero-order valence-electron chi connectivity index (χ0n) is 11.6. The Balaban J connectivity index is 1.95. The standard InChI is InChI=1S/C14H16N2O4S/c1-15-11-8-5-9-12-13(11)14(16-19-12)20-21(17,18)10-6-3-2-4-7-10/h2-4,6-7,11,15H,5,8-9H2,1H3/t11-/m1/s1. The van der Waals surface area contributed by atoms with Crippen molar-refractivity contribution in [3.63, 3.8) is 0 Å². The number of nitrogens with zero attached hydrogens (tertiary/aromatic N) is 1. The summed E-state index contributed by atoms with van der Waals surface area (Å²) in [5.41, 5.74) is 0.711. The van der Waals surface area contributed by atoms with Crippen LogP contribution in [0.25, 0.3) is 0 Å². The molecule has 0 aliphatic heterocycles. The molecule has 3 rings (SSSR count). The zero-order valence-corrected chi connectivity index (χ0v) is 12.4. The Morgan fingerprint density at radius 3 is 2.81 bits per heavy atom. The number of fused-ring (bicyclic) bond motifs is 1. The highest BCUT2D eigenvalue weighted by atomic mass is 32.2. The van der Waals surface area contributed by atoms with Crippen LogP contribution in [0.3, 0.4) is 0 Å². The highest BCUT2D eigenvalue weighted by Crippen LogP contribution is 2.37. The SMILES string of the molecule is CN[C@@H]1CCCc2onc(OS(=O)(=O)c3ccccc3)c21. The van der Waals surface area contributed by atoms with Crippen molar-refractivity contribution >= 4 is 10.1 Å². The Morgan fingerprint density at radius 1 is 1.33 bits per heavy atom. The van der Waals surface area contributed by atoms with E-state index in [9.17, 15) is 8.42 Å². The summed E-state index contributed by atoms with van der Waals surface area (Å²) in [6.45, 7) is 0. The predicted molar refractivity (Wildman–Crippen MR) is 75.5 cm³/mol. The number of hydrogen-bond donors (Lipinski definition) is 1. The molecular formula is C14H16N2O4S. The maximum atomic E-state index is 12.3. The van der Waals surface area contributed by atoms with Gasteiger partial charge in [-0.2, -0.15) is 8.42 Å². The van der Waals surface area contributed by atoms with Gasteiger partial charge in [0.25, 0.3) is 5.88 Å². The van der Waals surface area contributed by atoms with Gasteiger partial charge in [-0.3, -0.25) is 0 Å². The number of rotatable bonds is 4. The van der Waals surface area contributed by atoms with E-state index in [2.05, 4.69) is 10.5 Å². The fourth-order valence-electron chi connectivity index (χ4n) is 2.54. The first-order valence-electron chi connectivity index (χ1n) is 6.77. The summed E-state index contributed by atoms with van der Waals surface area (Å²) >= 11 is 0. The maximum Gasteiger partial charge on any atom is 0.340 e. The van der Waals surface area contributed by atoms with Crippen LogP contribution in [-0.4, -0.2) is 20.6 Å². The maximum absolute atomic E-state index is 12.3. The van der Waals surface area contributed by atoms with Crippen LogP contribution in [0.5, 0.6) is 5.88 Å².